The van der Waals surface area contributed by atoms with E-state index >= 15 is 0 Å². The summed E-state index contributed by atoms with van der Waals surface area (Å²) < 4.78 is 15.8. The minimum Gasteiger partial charge on any atom is -0.345 e. The minimum absolute atomic E-state index is 0.115. The van der Waals surface area contributed by atoms with E-state index in [1.807, 2.05) is 111 Å². The van der Waals surface area contributed by atoms with Gasteiger partial charge in [0.15, 0.2) is 0 Å². The van der Waals surface area contributed by atoms with Crippen LogP contribution in [0.5, 0.6) is 0 Å². The molecule has 174 valence electrons. The van der Waals surface area contributed by atoms with E-state index in [0.29, 0.717) is 22.4 Å². The van der Waals surface area contributed by atoms with E-state index in [1.54, 1.807) is 4.57 Å². The molecule has 35 heavy (non-hydrogen) atoms. The Balaban J connectivity index is 1.70. The topological polar surface area (TPSA) is 38.1 Å². The first kappa shape index (κ1) is 22.5. The highest BCUT2D eigenvalue weighted by Gasteiger charge is 2.21. The van der Waals surface area contributed by atoms with Crippen LogP contribution in [0.3, 0.4) is 0 Å². The van der Waals surface area contributed by atoms with Gasteiger partial charge in [-0.25, -0.2) is 9.37 Å². The van der Waals surface area contributed by atoms with E-state index in [1.165, 1.54) is 12.1 Å². The molecule has 0 unspecified atom stereocenters. The van der Waals surface area contributed by atoms with Gasteiger partial charge in [-0.2, -0.15) is 0 Å². The molecule has 5 heteroatoms. The number of benzene rings is 4. The van der Waals surface area contributed by atoms with Gasteiger partial charge < -0.3 is 4.90 Å². The Morgan fingerprint density at radius 2 is 1.43 bits per heavy atom. The Morgan fingerprint density at radius 1 is 0.800 bits per heavy atom. The van der Waals surface area contributed by atoms with Crippen molar-refractivity contribution < 1.29 is 4.39 Å². The first-order valence-electron chi connectivity index (χ1n) is 11.6. The monoisotopic (exact) mass is 463 g/mol. The Labute approximate surface area is 203 Å². The van der Waals surface area contributed by atoms with Crippen molar-refractivity contribution in [2.45, 2.75) is 19.9 Å². The van der Waals surface area contributed by atoms with Gasteiger partial charge in [-0.05, 0) is 66.9 Å². The molecule has 0 aliphatic rings. The molecule has 0 fully saturated rings. The summed E-state index contributed by atoms with van der Waals surface area (Å²) in [5, 5.41) is 0.518. The largest absolute Gasteiger partial charge is 0.345 e. The molecule has 0 aliphatic heterocycles. The number of fused-ring (bicyclic) bond motifs is 1. The second-order valence-electron chi connectivity index (χ2n) is 8.81. The van der Waals surface area contributed by atoms with Gasteiger partial charge >= 0.3 is 0 Å². The van der Waals surface area contributed by atoms with Crippen molar-refractivity contribution in [3.05, 3.63) is 136 Å². The molecule has 0 radical (unpaired) electrons. The van der Waals surface area contributed by atoms with E-state index in [4.69, 9.17) is 4.98 Å². The van der Waals surface area contributed by atoms with E-state index < -0.39 is 0 Å². The standard InChI is InChI=1S/C30H26FN3O/c1-20-16-24(31)18-26(17-20)33(3)25-14-15-28-27(19-25)30(35)34(21(2)32-28)29(22-10-6-4-7-11-22)23-12-8-5-9-13-23/h4-19,29H,1-3H3. The van der Waals surface area contributed by atoms with Crippen LogP contribution in [-0.2, 0) is 0 Å². The molecule has 0 atom stereocenters. The fourth-order valence-electron chi connectivity index (χ4n) is 4.63. The number of hydrogen-bond acceptors (Lipinski definition) is 3. The maximum atomic E-state index is 14.0. The summed E-state index contributed by atoms with van der Waals surface area (Å²) in [6.07, 6.45) is 0. The zero-order valence-electron chi connectivity index (χ0n) is 19.9. The van der Waals surface area contributed by atoms with Crippen molar-refractivity contribution in [2.75, 3.05) is 11.9 Å². The number of anilines is 2. The van der Waals surface area contributed by atoms with Crippen LogP contribution in [0.15, 0.2) is 102 Å². The van der Waals surface area contributed by atoms with Gasteiger partial charge in [0.2, 0.25) is 0 Å². The highest BCUT2D eigenvalue weighted by Crippen LogP contribution is 2.30. The molecule has 0 bridgehead atoms. The molecule has 0 N–H and O–H groups in total. The molecule has 4 nitrogen and oxygen atoms in total. The number of nitrogens with zero attached hydrogens (tertiary/aromatic N) is 3. The predicted molar refractivity (Wildman–Crippen MR) is 140 cm³/mol. The first-order chi connectivity index (χ1) is 16.9. The van der Waals surface area contributed by atoms with Crippen molar-refractivity contribution >= 4 is 22.3 Å². The summed E-state index contributed by atoms with van der Waals surface area (Å²) in [6.45, 7) is 3.73. The van der Waals surface area contributed by atoms with Gasteiger partial charge in [-0.1, -0.05) is 60.7 Å². The van der Waals surface area contributed by atoms with Gasteiger partial charge in [-0.15, -0.1) is 0 Å². The number of halogens is 1. The fourth-order valence-corrected chi connectivity index (χ4v) is 4.63. The molecular formula is C30H26FN3O. The molecule has 1 aromatic heterocycles. The molecule has 5 aromatic rings. The Morgan fingerprint density at radius 3 is 2.03 bits per heavy atom. The summed E-state index contributed by atoms with van der Waals surface area (Å²) in [5.74, 6) is 0.350. The SMILES string of the molecule is Cc1cc(F)cc(N(C)c2ccc3nc(C)n(C(c4ccccc4)c4ccccc4)c(=O)c3c2)c1. The number of aromatic nitrogens is 2. The average Bonchev–Trinajstić information content (AvgIpc) is 2.86. The zero-order valence-corrected chi connectivity index (χ0v) is 19.9. The lowest BCUT2D eigenvalue weighted by atomic mass is 9.98. The van der Waals surface area contributed by atoms with E-state index in [-0.39, 0.29) is 17.4 Å². The van der Waals surface area contributed by atoms with Crippen LogP contribution in [-0.4, -0.2) is 16.6 Å². The smallest absolute Gasteiger partial charge is 0.262 e. The second-order valence-corrected chi connectivity index (χ2v) is 8.81. The molecule has 0 spiro atoms. The lowest BCUT2D eigenvalue weighted by Gasteiger charge is -2.24. The normalized spacial score (nSPS) is 11.2. The predicted octanol–water partition coefficient (Wildman–Crippen LogP) is 6.56. The van der Waals surface area contributed by atoms with Gasteiger partial charge in [0.1, 0.15) is 11.6 Å². The molecule has 0 saturated carbocycles. The van der Waals surface area contributed by atoms with Crippen LogP contribution in [0.4, 0.5) is 15.8 Å². The summed E-state index contributed by atoms with van der Waals surface area (Å²) >= 11 is 0. The van der Waals surface area contributed by atoms with Crippen LogP contribution in [0.2, 0.25) is 0 Å². The Bertz CT molecular complexity index is 1500. The van der Waals surface area contributed by atoms with E-state index in [2.05, 4.69) is 0 Å². The maximum absolute atomic E-state index is 14.0. The van der Waals surface area contributed by atoms with Crippen molar-refractivity contribution in [1.29, 1.82) is 0 Å². The van der Waals surface area contributed by atoms with Crippen LogP contribution >= 0.6 is 0 Å². The molecule has 0 saturated heterocycles. The molecule has 0 aliphatic carbocycles. The first-order valence-corrected chi connectivity index (χ1v) is 11.6. The summed E-state index contributed by atoms with van der Waals surface area (Å²) in [7, 11) is 1.87. The summed E-state index contributed by atoms with van der Waals surface area (Å²) in [4.78, 5) is 20.7. The lowest BCUT2D eigenvalue weighted by Crippen LogP contribution is -2.29. The van der Waals surface area contributed by atoms with Gasteiger partial charge in [0, 0.05) is 18.4 Å². The van der Waals surface area contributed by atoms with Gasteiger partial charge in [0.05, 0.1) is 16.9 Å². The fraction of sp³-hybridized carbons (Fsp3) is 0.133. The quantitative estimate of drug-likeness (QED) is 0.296. The maximum Gasteiger partial charge on any atom is 0.262 e. The van der Waals surface area contributed by atoms with Crippen LogP contribution in [0, 0.1) is 19.7 Å². The third kappa shape index (κ3) is 4.33. The third-order valence-electron chi connectivity index (χ3n) is 6.35. The third-order valence-corrected chi connectivity index (χ3v) is 6.35. The van der Waals surface area contributed by atoms with Crippen molar-refractivity contribution in [2.24, 2.45) is 0 Å². The van der Waals surface area contributed by atoms with Crippen molar-refractivity contribution in [1.82, 2.24) is 9.55 Å². The van der Waals surface area contributed by atoms with E-state index in [0.717, 1.165) is 22.4 Å². The number of hydrogen-bond donors (Lipinski definition) is 0. The Kier molecular flexibility index (Phi) is 5.91. The minimum atomic E-state index is -0.311. The lowest BCUT2D eigenvalue weighted by molar-refractivity contribution is 0.620. The molecule has 4 aromatic carbocycles. The zero-order chi connectivity index (χ0) is 24.5. The molecule has 5 rings (SSSR count). The van der Waals surface area contributed by atoms with Gasteiger partial charge in [-0.3, -0.25) is 9.36 Å². The number of aryl methyl sites for hydroxylation is 2. The van der Waals surface area contributed by atoms with Crippen molar-refractivity contribution in [3.63, 3.8) is 0 Å². The van der Waals surface area contributed by atoms with Gasteiger partial charge in [0.25, 0.3) is 5.56 Å². The summed E-state index contributed by atoms with van der Waals surface area (Å²) in [5.41, 5.74) is 4.87. The molecular weight excluding hydrogens is 437 g/mol. The number of rotatable bonds is 5. The van der Waals surface area contributed by atoms with Crippen molar-refractivity contribution in [3.8, 4) is 0 Å². The average molecular weight is 464 g/mol. The van der Waals surface area contributed by atoms with Crippen LogP contribution < -0.4 is 10.5 Å². The molecule has 0 amide bonds. The second kappa shape index (κ2) is 9.18. The molecule has 1 heterocycles. The van der Waals surface area contributed by atoms with Crippen LogP contribution in [0.25, 0.3) is 10.9 Å². The Hall–Kier alpha value is -4.25. The summed E-state index contributed by atoms with van der Waals surface area (Å²) in [6, 6.07) is 30.2. The van der Waals surface area contributed by atoms with Crippen LogP contribution in [0.1, 0.15) is 28.6 Å². The highest BCUT2D eigenvalue weighted by atomic mass is 19.1. The highest BCUT2D eigenvalue weighted by molar-refractivity contribution is 5.83. The van der Waals surface area contributed by atoms with E-state index in [9.17, 15) is 9.18 Å².